The van der Waals surface area contributed by atoms with Crippen molar-refractivity contribution in [3.63, 3.8) is 0 Å². The zero-order valence-corrected chi connectivity index (χ0v) is 22.6. The van der Waals surface area contributed by atoms with Crippen molar-refractivity contribution in [1.29, 1.82) is 5.26 Å². The van der Waals surface area contributed by atoms with Gasteiger partial charge < -0.3 is 19.3 Å². The van der Waals surface area contributed by atoms with Crippen LogP contribution in [-0.2, 0) is 11.3 Å². The van der Waals surface area contributed by atoms with Gasteiger partial charge in [-0.05, 0) is 66.4 Å². The van der Waals surface area contributed by atoms with E-state index in [1.165, 1.54) is 24.1 Å². The molecule has 202 valence electrons. The normalized spacial score (nSPS) is 16.6. The van der Waals surface area contributed by atoms with Crippen LogP contribution < -0.4 is 9.64 Å². The van der Waals surface area contributed by atoms with Gasteiger partial charge in [-0.25, -0.2) is 0 Å². The molecule has 0 aromatic heterocycles. The van der Waals surface area contributed by atoms with E-state index in [0.717, 1.165) is 38.3 Å². The van der Waals surface area contributed by atoms with Crippen LogP contribution >= 0.6 is 0 Å². The Bertz CT molecular complexity index is 1290. The van der Waals surface area contributed by atoms with E-state index in [9.17, 15) is 4.79 Å². The Morgan fingerprint density at radius 1 is 0.923 bits per heavy atom. The number of ether oxygens (including phenoxy) is 2. The third kappa shape index (κ3) is 6.78. The lowest BCUT2D eigenvalue weighted by atomic mass is 10.1. The Balaban J connectivity index is 1.26. The molecule has 0 spiro atoms. The van der Waals surface area contributed by atoms with Gasteiger partial charge in [0.25, 0.3) is 5.91 Å². The molecule has 0 bridgehead atoms. The van der Waals surface area contributed by atoms with Gasteiger partial charge in [-0.15, -0.1) is 0 Å². The molecule has 1 unspecified atom stereocenters. The second kappa shape index (κ2) is 12.8. The number of hydrogen-bond acceptors (Lipinski definition) is 6. The number of benzene rings is 3. The molecule has 3 aromatic carbocycles. The highest BCUT2D eigenvalue weighted by Gasteiger charge is 2.26. The first-order valence-electron chi connectivity index (χ1n) is 13.7. The Hall–Kier alpha value is -3.86. The average molecular weight is 525 g/mol. The van der Waals surface area contributed by atoms with Gasteiger partial charge >= 0.3 is 0 Å². The quantitative estimate of drug-likeness (QED) is 0.397. The molecular weight excluding hydrogens is 488 g/mol. The summed E-state index contributed by atoms with van der Waals surface area (Å²) in [6.45, 7) is 6.35. The zero-order valence-electron chi connectivity index (χ0n) is 22.6. The molecule has 0 N–H and O–H groups in total. The molecule has 1 amide bonds. The maximum atomic E-state index is 13.1. The van der Waals surface area contributed by atoms with Crippen molar-refractivity contribution in [3.8, 4) is 11.8 Å². The number of anilines is 1. The highest BCUT2D eigenvalue weighted by Crippen LogP contribution is 2.28. The number of carbonyl (C=O) groups excluding carboxylic acids is 1. The van der Waals surface area contributed by atoms with Crippen LogP contribution in [0.15, 0.2) is 72.8 Å². The number of amides is 1. The number of nitriles is 1. The number of hydrogen-bond donors (Lipinski definition) is 0. The first-order chi connectivity index (χ1) is 19.1. The molecule has 3 aromatic rings. The predicted molar refractivity (Wildman–Crippen MR) is 152 cm³/mol. The van der Waals surface area contributed by atoms with Gasteiger partial charge in [0, 0.05) is 57.1 Å². The van der Waals surface area contributed by atoms with Gasteiger partial charge in [0.2, 0.25) is 0 Å². The van der Waals surface area contributed by atoms with E-state index in [1.807, 2.05) is 47.4 Å². The summed E-state index contributed by atoms with van der Waals surface area (Å²) in [5.41, 5.74) is 4.78. The standard InChI is InChI=1S/C32H36N4O3/c1-38-30-9-5-7-28(21-30)32(37)36-18-16-34(17-19-36)23-31(39-24-26-12-10-25(22-33)11-13-26)27-6-4-8-29(20-27)35-14-2-3-15-35/h4-13,20-21,31H,2-3,14-19,23-24H2,1H3. The highest BCUT2D eigenvalue weighted by molar-refractivity contribution is 5.94. The Labute approximate surface area is 231 Å². The van der Waals surface area contributed by atoms with E-state index in [1.54, 1.807) is 13.2 Å². The second-order valence-electron chi connectivity index (χ2n) is 10.2. The van der Waals surface area contributed by atoms with Gasteiger partial charge in [0.05, 0.1) is 31.5 Å². The second-order valence-corrected chi connectivity index (χ2v) is 10.2. The van der Waals surface area contributed by atoms with Crippen LogP contribution in [0.4, 0.5) is 5.69 Å². The predicted octanol–water partition coefficient (Wildman–Crippen LogP) is 4.88. The number of carbonyl (C=O) groups is 1. The fourth-order valence-corrected chi connectivity index (χ4v) is 5.33. The van der Waals surface area contributed by atoms with Crippen molar-refractivity contribution >= 4 is 11.6 Å². The molecule has 7 nitrogen and oxygen atoms in total. The Morgan fingerprint density at radius 2 is 1.67 bits per heavy atom. The van der Waals surface area contributed by atoms with Crippen molar-refractivity contribution in [2.45, 2.75) is 25.6 Å². The largest absolute Gasteiger partial charge is 0.497 e. The summed E-state index contributed by atoms with van der Waals surface area (Å²) in [7, 11) is 1.61. The molecule has 2 fully saturated rings. The highest BCUT2D eigenvalue weighted by atomic mass is 16.5. The van der Waals surface area contributed by atoms with Crippen LogP contribution in [0.1, 0.15) is 46.0 Å². The van der Waals surface area contributed by atoms with Gasteiger partial charge in [0.15, 0.2) is 0 Å². The molecule has 39 heavy (non-hydrogen) atoms. The minimum absolute atomic E-state index is 0.0421. The van der Waals surface area contributed by atoms with Crippen LogP contribution in [0.25, 0.3) is 0 Å². The summed E-state index contributed by atoms with van der Waals surface area (Å²) in [4.78, 5) is 19.9. The molecule has 5 rings (SSSR count). The van der Waals surface area contributed by atoms with Gasteiger partial charge in [-0.1, -0.05) is 30.3 Å². The van der Waals surface area contributed by atoms with E-state index in [-0.39, 0.29) is 12.0 Å². The maximum Gasteiger partial charge on any atom is 0.254 e. The Morgan fingerprint density at radius 3 is 2.38 bits per heavy atom. The van der Waals surface area contributed by atoms with E-state index in [2.05, 4.69) is 40.1 Å². The average Bonchev–Trinajstić information content (AvgIpc) is 3.55. The molecular formula is C32H36N4O3. The third-order valence-electron chi connectivity index (χ3n) is 7.65. The Kier molecular flexibility index (Phi) is 8.77. The lowest BCUT2D eigenvalue weighted by Crippen LogP contribution is -2.49. The number of piperazine rings is 1. The van der Waals surface area contributed by atoms with Crippen LogP contribution in [0, 0.1) is 11.3 Å². The van der Waals surface area contributed by atoms with Crippen molar-refractivity contribution in [1.82, 2.24) is 9.80 Å². The molecule has 2 aliphatic heterocycles. The van der Waals surface area contributed by atoms with Crippen molar-refractivity contribution < 1.29 is 14.3 Å². The third-order valence-corrected chi connectivity index (χ3v) is 7.65. The van der Waals surface area contributed by atoms with Gasteiger partial charge in [-0.3, -0.25) is 9.69 Å². The molecule has 2 saturated heterocycles. The van der Waals surface area contributed by atoms with Crippen LogP contribution in [0.2, 0.25) is 0 Å². The van der Waals surface area contributed by atoms with Crippen LogP contribution in [-0.4, -0.2) is 68.6 Å². The van der Waals surface area contributed by atoms with Crippen LogP contribution in [0.3, 0.4) is 0 Å². The number of nitrogens with zero attached hydrogens (tertiary/aromatic N) is 4. The molecule has 0 aliphatic carbocycles. The summed E-state index contributed by atoms with van der Waals surface area (Å²) >= 11 is 0. The summed E-state index contributed by atoms with van der Waals surface area (Å²) in [6.07, 6.45) is 2.37. The molecule has 0 saturated carbocycles. The fraction of sp³-hybridized carbons (Fsp3) is 0.375. The van der Waals surface area contributed by atoms with Crippen molar-refractivity contribution in [2.24, 2.45) is 0 Å². The van der Waals surface area contributed by atoms with Crippen LogP contribution in [0.5, 0.6) is 5.75 Å². The van der Waals surface area contributed by atoms with E-state index >= 15 is 0 Å². The first kappa shape index (κ1) is 26.7. The molecule has 1 atom stereocenters. The van der Waals surface area contributed by atoms with E-state index < -0.39 is 0 Å². The van der Waals surface area contributed by atoms with Gasteiger partial charge in [-0.2, -0.15) is 5.26 Å². The van der Waals surface area contributed by atoms with E-state index in [4.69, 9.17) is 14.7 Å². The fourth-order valence-electron chi connectivity index (χ4n) is 5.33. The number of methoxy groups -OCH3 is 1. The monoisotopic (exact) mass is 524 g/mol. The SMILES string of the molecule is COc1cccc(C(=O)N2CCN(CC(OCc3ccc(C#N)cc3)c3cccc(N4CCCC4)c3)CC2)c1. The van der Waals surface area contributed by atoms with E-state index in [0.29, 0.717) is 36.6 Å². The maximum absolute atomic E-state index is 13.1. The van der Waals surface area contributed by atoms with Crippen molar-refractivity contribution in [3.05, 3.63) is 95.1 Å². The lowest BCUT2D eigenvalue weighted by Gasteiger charge is -2.36. The molecule has 0 radical (unpaired) electrons. The number of rotatable bonds is 9. The first-order valence-corrected chi connectivity index (χ1v) is 13.7. The molecule has 7 heteroatoms. The summed E-state index contributed by atoms with van der Waals surface area (Å²) in [6, 6.07) is 25.9. The summed E-state index contributed by atoms with van der Waals surface area (Å²) in [5.74, 6) is 0.735. The van der Waals surface area contributed by atoms with Crippen molar-refractivity contribution in [2.75, 3.05) is 57.8 Å². The van der Waals surface area contributed by atoms with Gasteiger partial charge in [0.1, 0.15) is 5.75 Å². The topological polar surface area (TPSA) is 69.0 Å². The summed E-state index contributed by atoms with van der Waals surface area (Å²) in [5, 5.41) is 9.11. The summed E-state index contributed by atoms with van der Waals surface area (Å²) < 4.78 is 11.8. The lowest BCUT2D eigenvalue weighted by molar-refractivity contribution is 0.00344. The molecule has 2 aliphatic rings. The minimum atomic E-state index is -0.108. The zero-order chi connectivity index (χ0) is 27.0. The molecule has 2 heterocycles. The smallest absolute Gasteiger partial charge is 0.254 e. The minimum Gasteiger partial charge on any atom is -0.497 e.